The van der Waals surface area contributed by atoms with Crippen LogP contribution >= 0.6 is 0 Å². The molecule has 2 aliphatic rings. The van der Waals surface area contributed by atoms with Crippen LogP contribution in [0.5, 0.6) is 0 Å². The van der Waals surface area contributed by atoms with Gasteiger partial charge in [-0.1, -0.05) is 0 Å². The average Bonchev–Trinajstić information content (AvgIpc) is 2.62. The summed E-state index contributed by atoms with van der Waals surface area (Å²) in [5, 5.41) is 0. The molecule has 0 amide bonds. The molecule has 3 heterocycles. The molecule has 2 atom stereocenters. The van der Waals surface area contributed by atoms with E-state index < -0.39 is 5.82 Å². The highest BCUT2D eigenvalue weighted by Gasteiger charge is 2.41. The molecule has 2 fully saturated rings. The van der Waals surface area contributed by atoms with E-state index in [1.165, 1.54) is 25.0 Å². The lowest BCUT2D eigenvalue weighted by molar-refractivity contribution is 0.0762. The van der Waals surface area contributed by atoms with Crippen LogP contribution < -0.4 is 0 Å². The molecule has 0 spiro atoms. The monoisotopic (exact) mass is 248 g/mol. The number of Topliss-reactive ketones (excluding diaryl/α,β-unsaturated/α-hetero) is 1. The number of rotatable bonds is 2. The third kappa shape index (κ3) is 1.94. The zero-order chi connectivity index (χ0) is 12.7. The third-order valence-corrected chi connectivity index (χ3v) is 4.45. The highest BCUT2D eigenvalue weighted by atomic mass is 19.1. The first-order chi connectivity index (χ1) is 8.65. The molecule has 0 aromatic carbocycles. The van der Waals surface area contributed by atoms with Crippen LogP contribution in [0.4, 0.5) is 4.39 Å². The van der Waals surface area contributed by atoms with Crippen molar-refractivity contribution in [2.45, 2.75) is 37.8 Å². The molecule has 0 aliphatic carbocycles. The number of hydrogen-bond acceptors (Lipinski definition) is 3. The molecule has 96 valence electrons. The van der Waals surface area contributed by atoms with Gasteiger partial charge in [-0.15, -0.1) is 0 Å². The van der Waals surface area contributed by atoms with Crippen LogP contribution in [0.2, 0.25) is 0 Å². The van der Waals surface area contributed by atoms with Gasteiger partial charge in [-0.25, -0.2) is 4.39 Å². The van der Waals surface area contributed by atoms with Gasteiger partial charge in [0.2, 0.25) is 0 Å². The maximum absolute atomic E-state index is 12.8. The number of halogens is 1. The highest BCUT2D eigenvalue weighted by Crippen LogP contribution is 2.38. The van der Waals surface area contributed by atoms with Gasteiger partial charge in [0.05, 0.1) is 6.20 Å². The lowest BCUT2D eigenvalue weighted by Crippen LogP contribution is -2.42. The number of nitrogens with zero attached hydrogens (tertiary/aromatic N) is 2. The molecule has 0 radical (unpaired) electrons. The van der Waals surface area contributed by atoms with Gasteiger partial charge in [-0.05, 0) is 44.9 Å². The Hall–Kier alpha value is -1.29. The fourth-order valence-electron chi connectivity index (χ4n) is 3.36. The Labute approximate surface area is 106 Å². The zero-order valence-electron chi connectivity index (χ0n) is 10.5. The van der Waals surface area contributed by atoms with Gasteiger partial charge in [0.15, 0.2) is 5.78 Å². The first-order valence-corrected chi connectivity index (χ1v) is 6.53. The van der Waals surface area contributed by atoms with Crippen molar-refractivity contribution >= 4 is 5.78 Å². The van der Waals surface area contributed by atoms with Gasteiger partial charge in [-0.2, -0.15) is 0 Å². The standard InChI is InChI=1S/C14H17FN2O/c1-17-11-3-4-12(17)7-9(6-11)14(18)13-5-2-10(15)8-16-13/h2,5,8-9,11-12H,3-4,6-7H2,1H3. The summed E-state index contributed by atoms with van der Waals surface area (Å²) in [6.07, 6.45) is 5.36. The molecule has 3 rings (SSSR count). The van der Waals surface area contributed by atoms with E-state index in [0.717, 1.165) is 19.0 Å². The minimum atomic E-state index is -0.394. The molecule has 2 bridgehead atoms. The van der Waals surface area contributed by atoms with Crippen LogP contribution in [-0.2, 0) is 0 Å². The van der Waals surface area contributed by atoms with Gasteiger partial charge in [0, 0.05) is 18.0 Å². The van der Waals surface area contributed by atoms with E-state index in [2.05, 4.69) is 16.9 Å². The molecule has 1 aromatic heterocycles. The van der Waals surface area contributed by atoms with Gasteiger partial charge < -0.3 is 4.90 Å². The molecule has 2 unspecified atom stereocenters. The van der Waals surface area contributed by atoms with Crippen molar-refractivity contribution in [1.29, 1.82) is 0 Å². The number of aromatic nitrogens is 1. The first kappa shape index (κ1) is 11.8. The highest BCUT2D eigenvalue weighted by molar-refractivity contribution is 5.96. The minimum Gasteiger partial charge on any atom is -0.300 e. The van der Waals surface area contributed by atoms with E-state index in [9.17, 15) is 9.18 Å². The van der Waals surface area contributed by atoms with Crippen molar-refractivity contribution in [3.8, 4) is 0 Å². The predicted octanol–water partition coefficient (Wildman–Crippen LogP) is 2.28. The smallest absolute Gasteiger partial charge is 0.184 e. The second-order valence-corrected chi connectivity index (χ2v) is 5.44. The van der Waals surface area contributed by atoms with Gasteiger partial charge in [0.25, 0.3) is 0 Å². The van der Waals surface area contributed by atoms with Gasteiger partial charge in [0.1, 0.15) is 11.5 Å². The summed E-state index contributed by atoms with van der Waals surface area (Å²) in [7, 11) is 2.15. The Morgan fingerprint density at radius 2 is 2.00 bits per heavy atom. The Balaban J connectivity index is 1.76. The van der Waals surface area contributed by atoms with Crippen molar-refractivity contribution in [2.24, 2.45) is 5.92 Å². The zero-order valence-corrected chi connectivity index (χ0v) is 10.5. The van der Waals surface area contributed by atoms with Crippen molar-refractivity contribution in [1.82, 2.24) is 9.88 Å². The summed E-state index contributed by atoms with van der Waals surface area (Å²) in [6.45, 7) is 0. The molecule has 2 aliphatic heterocycles. The van der Waals surface area contributed by atoms with Crippen LogP contribution in [0, 0.1) is 11.7 Å². The lowest BCUT2D eigenvalue weighted by Gasteiger charge is -2.35. The number of piperidine rings is 1. The Morgan fingerprint density at radius 3 is 2.56 bits per heavy atom. The van der Waals surface area contributed by atoms with E-state index in [4.69, 9.17) is 0 Å². The summed E-state index contributed by atoms with van der Waals surface area (Å²) in [5.41, 5.74) is 0.408. The van der Waals surface area contributed by atoms with Gasteiger partial charge in [-0.3, -0.25) is 9.78 Å². The Bertz CT molecular complexity index is 445. The van der Waals surface area contributed by atoms with Crippen LogP contribution in [0.1, 0.15) is 36.2 Å². The maximum Gasteiger partial charge on any atom is 0.184 e. The molecule has 3 nitrogen and oxygen atoms in total. The topological polar surface area (TPSA) is 33.2 Å². The fraction of sp³-hybridized carbons (Fsp3) is 0.571. The normalized spacial score (nSPS) is 31.6. The molecule has 18 heavy (non-hydrogen) atoms. The van der Waals surface area contributed by atoms with E-state index in [1.807, 2.05) is 0 Å². The predicted molar refractivity (Wildman–Crippen MR) is 65.8 cm³/mol. The number of pyridine rings is 1. The van der Waals surface area contributed by atoms with Crippen LogP contribution in [-0.4, -0.2) is 34.8 Å². The van der Waals surface area contributed by atoms with Gasteiger partial charge >= 0.3 is 0 Å². The fourth-order valence-corrected chi connectivity index (χ4v) is 3.36. The molecule has 1 aromatic rings. The summed E-state index contributed by atoms with van der Waals surface area (Å²) in [6, 6.07) is 3.89. The Morgan fingerprint density at radius 1 is 1.33 bits per heavy atom. The second-order valence-electron chi connectivity index (χ2n) is 5.44. The summed E-state index contributed by atoms with van der Waals surface area (Å²) >= 11 is 0. The molecule has 0 saturated carbocycles. The van der Waals surface area contributed by atoms with E-state index >= 15 is 0 Å². The number of ketones is 1. The van der Waals surface area contributed by atoms with E-state index in [0.29, 0.717) is 17.8 Å². The second kappa shape index (κ2) is 4.43. The minimum absolute atomic E-state index is 0.0664. The number of carbonyl (C=O) groups is 1. The summed E-state index contributed by atoms with van der Waals surface area (Å²) in [4.78, 5) is 18.6. The summed E-state index contributed by atoms with van der Waals surface area (Å²) < 4.78 is 12.8. The van der Waals surface area contributed by atoms with Crippen molar-refractivity contribution < 1.29 is 9.18 Å². The number of fused-ring (bicyclic) bond motifs is 2. The van der Waals surface area contributed by atoms with Crippen LogP contribution in [0.25, 0.3) is 0 Å². The van der Waals surface area contributed by atoms with Crippen molar-refractivity contribution in [2.75, 3.05) is 7.05 Å². The molecule has 0 N–H and O–H groups in total. The largest absolute Gasteiger partial charge is 0.300 e. The van der Waals surface area contributed by atoms with E-state index in [1.54, 1.807) is 0 Å². The SMILES string of the molecule is CN1C2CCC1CC(C(=O)c1ccc(F)cn1)C2. The van der Waals surface area contributed by atoms with E-state index in [-0.39, 0.29) is 11.7 Å². The molecule has 2 saturated heterocycles. The molecule has 4 heteroatoms. The van der Waals surface area contributed by atoms with Crippen LogP contribution in [0.15, 0.2) is 18.3 Å². The summed E-state index contributed by atoms with van der Waals surface area (Å²) in [5.74, 6) is -0.244. The van der Waals surface area contributed by atoms with Crippen molar-refractivity contribution in [3.63, 3.8) is 0 Å². The molecular formula is C14H17FN2O. The maximum atomic E-state index is 12.8. The molecular weight excluding hydrogens is 231 g/mol. The Kier molecular flexibility index (Phi) is 2.90. The number of carbonyl (C=O) groups excluding carboxylic acids is 1. The van der Waals surface area contributed by atoms with Crippen LogP contribution in [0.3, 0.4) is 0 Å². The quantitative estimate of drug-likeness (QED) is 0.753. The van der Waals surface area contributed by atoms with Crippen molar-refractivity contribution in [3.05, 3.63) is 29.8 Å². The lowest BCUT2D eigenvalue weighted by atomic mass is 9.86. The third-order valence-electron chi connectivity index (χ3n) is 4.45. The first-order valence-electron chi connectivity index (χ1n) is 6.53. The number of hydrogen-bond donors (Lipinski definition) is 0. The average molecular weight is 248 g/mol.